The van der Waals surface area contributed by atoms with E-state index in [-0.39, 0.29) is 17.9 Å². The maximum Gasteiger partial charge on any atom is 0.278 e. The molecule has 0 atom stereocenters. The van der Waals surface area contributed by atoms with Gasteiger partial charge >= 0.3 is 0 Å². The predicted molar refractivity (Wildman–Crippen MR) is 111 cm³/mol. The minimum absolute atomic E-state index is 0.222. The third-order valence-electron chi connectivity index (χ3n) is 4.72. The molecule has 5 nitrogen and oxygen atoms in total. The monoisotopic (exact) mass is 378 g/mol. The van der Waals surface area contributed by atoms with Crippen LogP contribution < -0.4 is 10.1 Å². The molecule has 0 spiro atoms. The van der Waals surface area contributed by atoms with Crippen LogP contribution in [0.3, 0.4) is 0 Å². The number of anilines is 1. The van der Waals surface area contributed by atoms with Crippen LogP contribution in [-0.2, 0) is 9.59 Å². The molecule has 2 aromatic rings. The summed E-state index contributed by atoms with van der Waals surface area (Å²) in [7, 11) is 0. The second kappa shape index (κ2) is 7.89. The van der Waals surface area contributed by atoms with Crippen LogP contribution in [0.1, 0.15) is 37.5 Å². The van der Waals surface area contributed by atoms with E-state index in [9.17, 15) is 9.59 Å². The van der Waals surface area contributed by atoms with Crippen molar-refractivity contribution in [2.45, 2.75) is 40.7 Å². The van der Waals surface area contributed by atoms with Crippen LogP contribution in [-0.4, -0.2) is 29.4 Å². The van der Waals surface area contributed by atoms with Crippen LogP contribution in [0, 0.1) is 13.8 Å². The predicted octanol–water partition coefficient (Wildman–Crippen LogP) is 4.30. The van der Waals surface area contributed by atoms with E-state index in [1.807, 2.05) is 77.1 Å². The number of hydrogen-bond donors (Lipinski definition) is 1. The molecule has 0 bridgehead atoms. The van der Waals surface area contributed by atoms with Crippen LogP contribution in [0.4, 0.5) is 5.69 Å². The molecule has 0 aromatic heterocycles. The van der Waals surface area contributed by atoms with Gasteiger partial charge in [0, 0.05) is 11.7 Å². The van der Waals surface area contributed by atoms with Crippen molar-refractivity contribution in [3.63, 3.8) is 0 Å². The number of benzene rings is 2. The molecule has 2 amide bonds. The van der Waals surface area contributed by atoms with Crippen molar-refractivity contribution in [2.24, 2.45) is 0 Å². The molecule has 28 heavy (non-hydrogen) atoms. The van der Waals surface area contributed by atoms with Crippen LogP contribution >= 0.6 is 0 Å². The summed E-state index contributed by atoms with van der Waals surface area (Å²) < 4.78 is 5.47. The highest BCUT2D eigenvalue weighted by atomic mass is 16.5. The van der Waals surface area contributed by atoms with E-state index in [2.05, 4.69) is 5.32 Å². The highest BCUT2D eigenvalue weighted by Gasteiger charge is 2.40. The Bertz CT molecular complexity index is 943. The molecule has 0 radical (unpaired) electrons. The van der Waals surface area contributed by atoms with Gasteiger partial charge in [-0.15, -0.1) is 0 Å². The molecule has 1 aliphatic heterocycles. The van der Waals surface area contributed by atoms with Crippen molar-refractivity contribution >= 4 is 23.1 Å². The van der Waals surface area contributed by atoms with Crippen LogP contribution in [0.15, 0.2) is 48.2 Å². The largest absolute Gasteiger partial charge is 0.494 e. The molecule has 0 fully saturated rings. The number of nitrogens with one attached hydrogen (secondary N) is 1. The summed E-state index contributed by atoms with van der Waals surface area (Å²) in [5.41, 5.74) is 4.32. The molecule has 146 valence electrons. The average Bonchev–Trinajstić information content (AvgIpc) is 2.87. The summed E-state index contributed by atoms with van der Waals surface area (Å²) in [4.78, 5) is 27.5. The van der Waals surface area contributed by atoms with E-state index in [0.717, 1.165) is 28.1 Å². The molecule has 3 rings (SSSR count). The van der Waals surface area contributed by atoms with Crippen molar-refractivity contribution in [2.75, 3.05) is 11.9 Å². The van der Waals surface area contributed by atoms with Gasteiger partial charge in [0.15, 0.2) is 0 Å². The topological polar surface area (TPSA) is 58.6 Å². The van der Waals surface area contributed by atoms with Gasteiger partial charge in [-0.05, 0) is 70.0 Å². The van der Waals surface area contributed by atoms with Crippen molar-refractivity contribution in [3.05, 3.63) is 64.9 Å². The Hall–Kier alpha value is -3.08. The molecule has 5 heteroatoms. The Morgan fingerprint density at radius 2 is 1.68 bits per heavy atom. The molecule has 2 aromatic carbocycles. The zero-order valence-electron chi connectivity index (χ0n) is 17.0. The number of ether oxygens (including phenoxy) is 1. The maximum atomic E-state index is 13.1. The van der Waals surface area contributed by atoms with Gasteiger partial charge in [-0.1, -0.05) is 23.8 Å². The van der Waals surface area contributed by atoms with Crippen LogP contribution in [0.25, 0.3) is 5.57 Å². The molecular weight excluding hydrogens is 352 g/mol. The van der Waals surface area contributed by atoms with Crippen molar-refractivity contribution in [1.29, 1.82) is 0 Å². The number of amides is 2. The SMILES string of the molecule is CCOc1ccc(NC2=C(c3ccc(C)cc3C)C(=O)N(C(C)C)C2=O)cc1. The Labute approximate surface area is 166 Å². The van der Waals surface area contributed by atoms with Gasteiger partial charge in [-0.3, -0.25) is 14.5 Å². The zero-order valence-corrected chi connectivity index (χ0v) is 17.0. The second-order valence-corrected chi connectivity index (χ2v) is 7.22. The van der Waals surface area contributed by atoms with Gasteiger partial charge in [-0.25, -0.2) is 0 Å². The fourth-order valence-electron chi connectivity index (χ4n) is 3.42. The number of carbonyl (C=O) groups is 2. The van der Waals surface area contributed by atoms with E-state index in [1.54, 1.807) is 0 Å². The molecular formula is C23H26N2O3. The van der Waals surface area contributed by atoms with Crippen LogP contribution in [0.2, 0.25) is 0 Å². The van der Waals surface area contributed by atoms with Gasteiger partial charge in [0.05, 0.1) is 12.2 Å². The zero-order chi connectivity index (χ0) is 20.4. The molecule has 0 aliphatic carbocycles. The minimum Gasteiger partial charge on any atom is -0.494 e. The fourth-order valence-corrected chi connectivity index (χ4v) is 3.42. The summed E-state index contributed by atoms with van der Waals surface area (Å²) >= 11 is 0. The third-order valence-corrected chi connectivity index (χ3v) is 4.72. The molecule has 1 heterocycles. The lowest BCUT2D eigenvalue weighted by Crippen LogP contribution is -2.38. The van der Waals surface area contributed by atoms with Gasteiger partial charge in [0.1, 0.15) is 11.4 Å². The van der Waals surface area contributed by atoms with Gasteiger partial charge in [0.25, 0.3) is 11.8 Å². The van der Waals surface area contributed by atoms with Crippen LogP contribution in [0.5, 0.6) is 5.75 Å². The quantitative estimate of drug-likeness (QED) is 0.762. The second-order valence-electron chi connectivity index (χ2n) is 7.22. The Morgan fingerprint density at radius 3 is 2.25 bits per heavy atom. The highest BCUT2D eigenvalue weighted by Crippen LogP contribution is 2.33. The summed E-state index contributed by atoms with van der Waals surface area (Å²) in [5, 5.41) is 3.18. The highest BCUT2D eigenvalue weighted by molar-refractivity contribution is 6.36. The first-order valence-electron chi connectivity index (χ1n) is 9.53. The van der Waals surface area contributed by atoms with E-state index in [1.165, 1.54) is 4.90 Å². The van der Waals surface area contributed by atoms with Gasteiger partial charge in [0.2, 0.25) is 0 Å². The number of hydrogen-bond acceptors (Lipinski definition) is 4. The number of nitrogens with zero attached hydrogens (tertiary/aromatic N) is 1. The first kappa shape index (κ1) is 19.7. The number of aryl methyl sites for hydroxylation is 2. The van der Waals surface area contributed by atoms with E-state index in [0.29, 0.717) is 17.9 Å². The lowest BCUT2D eigenvalue weighted by Gasteiger charge is -2.19. The lowest BCUT2D eigenvalue weighted by molar-refractivity contribution is -0.138. The summed E-state index contributed by atoms with van der Waals surface area (Å²) in [5.74, 6) is 0.193. The first-order valence-corrected chi connectivity index (χ1v) is 9.53. The van der Waals surface area contributed by atoms with Crippen molar-refractivity contribution < 1.29 is 14.3 Å². The summed E-state index contributed by atoms with van der Waals surface area (Å²) in [6, 6.07) is 13.0. The van der Waals surface area contributed by atoms with Crippen molar-refractivity contribution in [3.8, 4) is 5.75 Å². The molecule has 1 N–H and O–H groups in total. The van der Waals surface area contributed by atoms with Crippen molar-refractivity contribution in [1.82, 2.24) is 4.90 Å². The number of imide groups is 1. The van der Waals surface area contributed by atoms with E-state index in [4.69, 9.17) is 4.74 Å². The smallest absolute Gasteiger partial charge is 0.278 e. The molecule has 0 saturated heterocycles. The Kier molecular flexibility index (Phi) is 5.54. The Balaban J connectivity index is 2.06. The average molecular weight is 378 g/mol. The summed E-state index contributed by atoms with van der Waals surface area (Å²) in [6.07, 6.45) is 0. The minimum atomic E-state index is -0.302. The van der Waals surface area contributed by atoms with Gasteiger partial charge < -0.3 is 10.1 Å². The van der Waals surface area contributed by atoms with E-state index < -0.39 is 0 Å². The number of carbonyl (C=O) groups excluding carboxylic acids is 2. The first-order chi connectivity index (χ1) is 13.3. The van der Waals surface area contributed by atoms with E-state index >= 15 is 0 Å². The molecule has 0 unspecified atom stereocenters. The standard InChI is InChI=1S/C23H26N2O3/c1-6-28-18-10-8-17(9-11-18)24-21-20(19-12-7-15(4)13-16(19)5)22(26)25(14(2)3)23(21)27/h7-14,24H,6H2,1-5H3. The Morgan fingerprint density at radius 1 is 1.00 bits per heavy atom. The summed E-state index contributed by atoms with van der Waals surface area (Å²) in [6.45, 7) is 10.2. The third kappa shape index (κ3) is 3.65. The maximum absolute atomic E-state index is 13.1. The van der Waals surface area contributed by atoms with Gasteiger partial charge in [-0.2, -0.15) is 0 Å². The molecule has 1 aliphatic rings. The normalized spacial score (nSPS) is 14.3. The molecule has 0 saturated carbocycles. The fraction of sp³-hybridized carbons (Fsp3) is 0.304. The number of rotatable bonds is 6. The lowest BCUT2D eigenvalue weighted by atomic mass is 9.97.